The van der Waals surface area contributed by atoms with Crippen LogP contribution in [0.1, 0.15) is 28.4 Å². The third-order valence-corrected chi connectivity index (χ3v) is 4.55. The van der Waals surface area contributed by atoms with Crippen LogP contribution in [0.2, 0.25) is 5.15 Å². The van der Waals surface area contributed by atoms with Crippen LogP contribution in [0.15, 0.2) is 67.0 Å². The van der Waals surface area contributed by atoms with E-state index in [4.69, 9.17) is 16.3 Å². The van der Waals surface area contributed by atoms with Crippen molar-refractivity contribution in [2.75, 3.05) is 11.9 Å². The van der Waals surface area contributed by atoms with Gasteiger partial charge in [-0.05, 0) is 49.4 Å². The molecule has 7 heteroatoms. The van der Waals surface area contributed by atoms with Crippen LogP contribution >= 0.6 is 11.6 Å². The lowest BCUT2D eigenvalue weighted by Crippen LogP contribution is -2.04. The molecule has 0 amide bonds. The standard InChI is InChI=1S/C24H17ClN4O2/c1-2-31-24(30)18-8-5-6-16(14-18)10-11-17-7-3-4-9-19(17)28-23-22-20(26-15-27-23)12-13-21(25)29-22/h3-9,12-15H,2H2,1H3,(H,26,27,28). The van der Waals surface area contributed by atoms with E-state index in [0.29, 0.717) is 39.7 Å². The van der Waals surface area contributed by atoms with Crippen molar-refractivity contribution in [3.8, 4) is 11.8 Å². The monoisotopic (exact) mass is 428 g/mol. The molecule has 0 saturated heterocycles. The number of ether oxygens (including phenoxy) is 1. The minimum Gasteiger partial charge on any atom is -0.462 e. The fraction of sp³-hybridized carbons (Fsp3) is 0.0833. The number of halogens is 1. The molecule has 2 heterocycles. The highest BCUT2D eigenvalue weighted by molar-refractivity contribution is 6.29. The van der Waals surface area contributed by atoms with Gasteiger partial charge in [0.15, 0.2) is 5.82 Å². The van der Waals surface area contributed by atoms with Crippen molar-refractivity contribution >= 4 is 40.1 Å². The Bertz CT molecular complexity index is 1330. The fourth-order valence-electron chi connectivity index (χ4n) is 2.91. The number of aromatic nitrogens is 3. The van der Waals surface area contributed by atoms with Crippen molar-refractivity contribution in [2.45, 2.75) is 6.92 Å². The summed E-state index contributed by atoms with van der Waals surface area (Å²) >= 11 is 6.05. The Labute approximate surface area is 184 Å². The zero-order valence-corrected chi connectivity index (χ0v) is 17.3. The van der Waals surface area contributed by atoms with Gasteiger partial charge in [-0.1, -0.05) is 41.6 Å². The molecule has 0 saturated carbocycles. The number of carbonyl (C=O) groups excluding carboxylic acids is 1. The average Bonchev–Trinajstić information content (AvgIpc) is 2.79. The van der Waals surface area contributed by atoms with Crippen LogP contribution in [0, 0.1) is 11.8 Å². The van der Waals surface area contributed by atoms with Crippen LogP contribution in [0.3, 0.4) is 0 Å². The number of esters is 1. The molecule has 152 valence electrons. The Hall–Kier alpha value is -3.95. The number of carbonyl (C=O) groups is 1. The number of anilines is 2. The highest BCUT2D eigenvalue weighted by atomic mass is 35.5. The number of nitrogens with zero attached hydrogens (tertiary/aromatic N) is 3. The third-order valence-electron chi connectivity index (χ3n) is 4.34. The van der Waals surface area contributed by atoms with E-state index in [2.05, 4.69) is 32.1 Å². The molecule has 2 aromatic heterocycles. The summed E-state index contributed by atoms with van der Waals surface area (Å²) in [5.41, 5.74) is 3.95. The summed E-state index contributed by atoms with van der Waals surface area (Å²) in [6, 6.07) is 18.1. The van der Waals surface area contributed by atoms with E-state index in [-0.39, 0.29) is 5.97 Å². The predicted octanol–water partition coefficient (Wildman–Crippen LogP) is 5.00. The number of hydrogen-bond acceptors (Lipinski definition) is 6. The van der Waals surface area contributed by atoms with Gasteiger partial charge in [0.2, 0.25) is 0 Å². The van der Waals surface area contributed by atoms with Gasteiger partial charge in [-0.2, -0.15) is 0 Å². The van der Waals surface area contributed by atoms with Gasteiger partial charge >= 0.3 is 5.97 Å². The lowest BCUT2D eigenvalue weighted by Gasteiger charge is -2.09. The Kier molecular flexibility index (Phi) is 6.06. The minimum absolute atomic E-state index is 0.325. The highest BCUT2D eigenvalue weighted by Crippen LogP contribution is 2.24. The van der Waals surface area contributed by atoms with Gasteiger partial charge in [0.25, 0.3) is 0 Å². The number of rotatable bonds is 4. The molecule has 6 nitrogen and oxygen atoms in total. The normalized spacial score (nSPS) is 10.3. The Morgan fingerprint density at radius 3 is 2.81 bits per heavy atom. The topological polar surface area (TPSA) is 77.0 Å². The summed E-state index contributed by atoms with van der Waals surface area (Å²) < 4.78 is 5.05. The van der Waals surface area contributed by atoms with Crippen molar-refractivity contribution in [1.29, 1.82) is 0 Å². The minimum atomic E-state index is -0.366. The predicted molar refractivity (Wildman–Crippen MR) is 120 cm³/mol. The molecule has 0 aliphatic rings. The maximum absolute atomic E-state index is 12.0. The summed E-state index contributed by atoms with van der Waals surface area (Å²) in [5.74, 6) is 6.42. The van der Waals surface area contributed by atoms with Gasteiger partial charge in [0.05, 0.1) is 23.4 Å². The molecule has 0 unspecified atom stereocenters. The molecular weight excluding hydrogens is 412 g/mol. The summed E-state index contributed by atoms with van der Waals surface area (Å²) in [6.07, 6.45) is 1.47. The molecule has 31 heavy (non-hydrogen) atoms. The quantitative estimate of drug-likeness (QED) is 0.280. The van der Waals surface area contributed by atoms with Gasteiger partial charge in [-0.15, -0.1) is 0 Å². The lowest BCUT2D eigenvalue weighted by molar-refractivity contribution is 0.0526. The first-order chi connectivity index (χ1) is 15.1. The molecule has 0 aliphatic heterocycles. The van der Waals surface area contributed by atoms with E-state index in [1.807, 2.05) is 30.3 Å². The van der Waals surface area contributed by atoms with Gasteiger partial charge in [0, 0.05) is 11.1 Å². The molecule has 1 N–H and O–H groups in total. The summed E-state index contributed by atoms with van der Waals surface area (Å²) in [7, 11) is 0. The zero-order valence-electron chi connectivity index (χ0n) is 16.6. The molecule has 0 atom stereocenters. The first-order valence-electron chi connectivity index (χ1n) is 9.56. The van der Waals surface area contributed by atoms with E-state index < -0.39 is 0 Å². The second-order valence-electron chi connectivity index (χ2n) is 6.45. The number of nitrogens with one attached hydrogen (secondary N) is 1. The highest BCUT2D eigenvalue weighted by Gasteiger charge is 2.09. The average molecular weight is 429 g/mol. The van der Waals surface area contributed by atoms with Crippen LogP contribution in [0.5, 0.6) is 0 Å². The number of hydrogen-bond donors (Lipinski definition) is 1. The van der Waals surface area contributed by atoms with Crippen molar-refractivity contribution in [1.82, 2.24) is 15.0 Å². The molecule has 0 spiro atoms. The zero-order chi connectivity index (χ0) is 21.6. The number of para-hydroxylation sites is 1. The number of fused-ring (bicyclic) bond motifs is 1. The molecule has 2 aromatic carbocycles. The van der Waals surface area contributed by atoms with E-state index in [1.54, 1.807) is 37.3 Å². The molecule has 0 aliphatic carbocycles. The Balaban J connectivity index is 1.65. The largest absolute Gasteiger partial charge is 0.462 e. The van der Waals surface area contributed by atoms with Gasteiger partial charge in [0.1, 0.15) is 17.0 Å². The van der Waals surface area contributed by atoms with Crippen LogP contribution in [-0.4, -0.2) is 27.5 Å². The van der Waals surface area contributed by atoms with Crippen LogP contribution in [0.25, 0.3) is 11.0 Å². The fourth-order valence-corrected chi connectivity index (χ4v) is 3.06. The van der Waals surface area contributed by atoms with Crippen molar-refractivity contribution in [3.05, 3.63) is 88.8 Å². The summed E-state index contributed by atoms with van der Waals surface area (Å²) in [5, 5.41) is 3.64. The third kappa shape index (κ3) is 4.80. The molecular formula is C24H17ClN4O2. The van der Waals surface area contributed by atoms with Crippen molar-refractivity contribution in [3.63, 3.8) is 0 Å². The molecule has 4 aromatic rings. The summed E-state index contributed by atoms with van der Waals surface area (Å²) in [4.78, 5) is 24.8. The first-order valence-corrected chi connectivity index (χ1v) is 9.94. The lowest BCUT2D eigenvalue weighted by atomic mass is 10.1. The van der Waals surface area contributed by atoms with Gasteiger partial charge < -0.3 is 10.1 Å². The SMILES string of the molecule is CCOC(=O)c1cccc(C#Cc2ccccc2Nc2ncnc3ccc(Cl)nc23)c1. The van der Waals surface area contributed by atoms with E-state index >= 15 is 0 Å². The number of pyridine rings is 1. The maximum Gasteiger partial charge on any atom is 0.338 e. The van der Waals surface area contributed by atoms with Gasteiger partial charge in [-0.25, -0.2) is 19.7 Å². The van der Waals surface area contributed by atoms with E-state index in [9.17, 15) is 4.79 Å². The second kappa shape index (κ2) is 9.24. The van der Waals surface area contributed by atoms with Crippen LogP contribution in [-0.2, 0) is 4.74 Å². The first kappa shape index (κ1) is 20.3. The van der Waals surface area contributed by atoms with Crippen LogP contribution < -0.4 is 5.32 Å². The molecule has 4 rings (SSSR count). The smallest absolute Gasteiger partial charge is 0.338 e. The maximum atomic E-state index is 12.0. The number of benzene rings is 2. The Morgan fingerprint density at radius 1 is 1.06 bits per heavy atom. The van der Waals surface area contributed by atoms with E-state index in [0.717, 1.165) is 11.3 Å². The summed E-state index contributed by atoms with van der Waals surface area (Å²) in [6.45, 7) is 2.10. The second-order valence-corrected chi connectivity index (χ2v) is 6.83. The van der Waals surface area contributed by atoms with Crippen LogP contribution in [0.4, 0.5) is 11.5 Å². The van der Waals surface area contributed by atoms with E-state index in [1.165, 1.54) is 6.33 Å². The molecule has 0 fully saturated rings. The van der Waals surface area contributed by atoms with Crippen molar-refractivity contribution in [2.24, 2.45) is 0 Å². The molecule has 0 radical (unpaired) electrons. The van der Waals surface area contributed by atoms with Gasteiger partial charge in [-0.3, -0.25) is 0 Å². The Morgan fingerprint density at radius 2 is 1.94 bits per heavy atom. The van der Waals surface area contributed by atoms with Crippen molar-refractivity contribution < 1.29 is 9.53 Å². The molecule has 0 bridgehead atoms.